The van der Waals surface area contributed by atoms with Crippen LogP contribution in [0.25, 0.3) is 12.2 Å². The Labute approximate surface area is 135 Å². The van der Waals surface area contributed by atoms with Crippen LogP contribution < -0.4 is 11.1 Å². The minimum Gasteiger partial charge on any atom is -0.366 e. The predicted molar refractivity (Wildman–Crippen MR) is 91.5 cm³/mol. The smallest absolute Gasteiger partial charge is 0.262 e. The van der Waals surface area contributed by atoms with Gasteiger partial charge in [-0.25, -0.2) is 0 Å². The van der Waals surface area contributed by atoms with Crippen molar-refractivity contribution in [3.8, 4) is 0 Å². The van der Waals surface area contributed by atoms with Gasteiger partial charge in [0.05, 0.1) is 10.6 Å². The molecule has 6 heteroatoms. The third-order valence-corrected chi connectivity index (χ3v) is 4.93. The summed E-state index contributed by atoms with van der Waals surface area (Å²) in [6, 6.07) is 9.60. The zero-order chi connectivity index (χ0) is 15.5. The first-order chi connectivity index (χ1) is 10.6. The summed E-state index contributed by atoms with van der Waals surface area (Å²) in [5, 5.41) is 4.79. The van der Waals surface area contributed by atoms with E-state index in [0.717, 1.165) is 21.0 Å². The van der Waals surface area contributed by atoms with Crippen LogP contribution in [0.2, 0.25) is 0 Å². The summed E-state index contributed by atoms with van der Waals surface area (Å²) in [5.41, 5.74) is 6.79. The van der Waals surface area contributed by atoms with Crippen LogP contribution in [-0.4, -0.2) is 11.8 Å². The number of anilines is 1. The van der Waals surface area contributed by atoms with E-state index in [-0.39, 0.29) is 5.91 Å². The molecule has 0 saturated heterocycles. The van der Waals surface area contributed by atoms with Crippen molar-refractivity contribution in [1.29, 1.82) is 0 Å². The Bertz CT molecular complexity index is 806. The lowest BCUT2D eigenvalue weighted by Gasteiger charge is -2.17. The molecule has 2 aromatic rings. The molecule has 3 rings (SSSR count). The minimum atomic E-state index is -0.482. The third-order valence-electron chi connectivity index (χ3n) is 2.93. The van der Waals surface area contributed by atoms with E-state index >= 15 is 0 Å². The van der Waals surface area contributed by atoms with Crippen molar-refractivity contribution < 1.29 is 9.59 Å². The van der Waals surface area contributed by atoms with E-state index in [4.69, 9.17) is 5.73 Å². The van der Waals surface area contributed by atoms with Gasteiger partial charge in [0.15, 0.2) is 0 Å². The Morgan fingerprint density at radius 2 is 2.09 bits per heavy atom. The lowest BCUT2D eigenvalue weighted by atomic mass is 10.2. The molecule has 3 N–H and O–H groups in total. The van der Waals surface area contributed by atoms with Crippen molar-refractivity contribution in [2.45, 2.75) is 4.90 Å². The maximum atomic E-state index is 12.1. The zero-order valence-electron chi connectivity index (χ0n) is 11.4. The first-order valence-corrected chi connectivity index (χ1v) is 8.17. The Morgan fingerprint density at radius 1 is 1.27 bits per heavy atom. The molecule has 2 heterocycles. The number of thiophene rings is 1. The summed E-state index contributed by atoms with van der Waals surface area (Å²) >= 11 is 2.96. The van der Waals surface area contributed by atoms with Gasteiger partial charge in [-0.3, -0.25) is 9.59 Å². The maximum Gasteiger partial charge on any atom is 0.262 e. The second kappa shape index (κ2) is 6.21. The van der Waals surface area contributed by atoms with Crippen LogP contribution in [0.15, 0.2) is 51.6 Å². The normalized spacial score (nSPS) is 15.8. The average molecular weight is 328 g/mol. The highest BCUT2D eigenvalue weighted by atomic mass is 32.2. The summed E-state index contributed by atoms with van der Waals surface area (Å²) in [6.07, 6.45) is 4.82. The number of benzene rings is 1. The highest BCUT2D eigenvalue weighted by molar-refractivity contribution is 8.04. The molecular weight excluding hydrogens is 316 g/mol. The van der Waals surface area contributed by atoms with Gasteiger partial charge >= 0.3 is 0 Å². The molecule has 0 fully saturated rings. The van der Waals surface area contributed by atoms with E-state index in [1.165, 1.54) is 29.2 Å². The van der Waals surface area contributed by atoms with Gasteiger partial charge in [0.2, 0.25) is 5.91 Å². The van der Waals surface area contributed by atoms with Crippen LogP contribution in [0.5, 0.6) is 0 Å². The van der Waals surface area contributed by atoms with E-state index in [2.05, 4.69) is 5.32 Å². The van der Waals surface area contributed by atoms with Gasteiger partial charge in [0.25, 0.3) is 5.91 Å². The first kappa shape index (κ1) is 14.6. The zero-order valence-corrected chi connectivity index (χ0v) is 13.0. The van der Waals surface area contributed by atoms with Crippen LogP contribution in [0.4, 0.5) is 5.69 Å². The SMILES string of the molecule is NC(=O)/C=C/c1csc(/C=C2\Sc3ccccc3NC2=O)c1. The van der Waals surface area contributed by atoms with E-state index in [1.54, 1.807) is 6.08 Å². The molecule has 0 atom stereocenters. The van der Waals surface area contributed by atoms with Crippen molar-refractivity contribution in [2.75, 3.05) is 5.32 Å². The molecule has 0 aliphatic carbocycles. The molecule has 0 saturated carbocycles. The number of nitrogens with two attached hydrogens (primary N) is 1. The fourth-order valence-corrected chi connectivity index (χ4v) is 3.77. The van der Waals surface area contributed by atoms with Crippen LogP contribution in [0.3, 0.4) is 0 Å². The van der Waals surface area contributed by atoms with E-state index in [0.29, 0.717) is 4.91 Å². The largest absolute Gasteiger partial charge is 0.366 e. The van der Waals surface area contributed by atoms with Crippen molar-refractivity contribution >= 4 is 52.8 Å². The molecule has 0 unspecified atom stereocenters. The lowest BCUT2D eigenvalue weighted by Crippen LogP contribution is -2.16. The predicted octanol–water partition coefficient (Wildman–Crippen LogP) is 3.33. The molecule has 0 spiro atoms. The lowest BCUT2D eigenvalue weighted by molar-refractivity contribution is -0.113. The van der Waals surface area contributed by atoms with Crippen LogP contribution in [-0.2, 0) is 9.59 Å². The number of amides is 2. The number of carbonyl (C=O) groups is 2. The minimum absolute atomic E-state index is 0.105. The Balaban J connectivity index is 1.84. The first-order valence-electron chi connectivity index (χ1n) is 6.48. The van der Waals surface area contributed by atoms with Gasteiger partial charge < -0.3 is 11.1 Å². The number of primary amides is 1. The number of rotatable bonds is 3. The molecule has 0 bridgehead atoms. The van der Waals surface area contributed by atoms with Gasteiger partial charge in [0, 0.05) is 15.8 Å². The van der Waals surface area contributed by atoms with Crippen molar-refractivity contribution in [3.05, 3.63) is 57.1 Å². The number of hydrogen-bond donors (Lipinski definition) is 2. The topological polar surface area (TPSA) is 72.2 Å². The van der Waals surface area contributed by atoms with Crippen LogP contribution >= 0.6 is 23.1 Å². The summed E-state index contributed by atoms with van der Waals surface area (Å²) in [6.45, 7) is 0. The van der Waals surface area contributed by atoms with Crippen molar-refractivity contribution in [3.63, 3.8) is 0 Å². The van der Waals surface area contributed by atoms with Gasteiger partial charge in [-0.1, -0.05) is 23.9 Å². The summed E-state index contributed by atoms with van der Waals surface area (Å²) in [5.74, 6) is -0.587. The average Bonchev–Trinajstić information content (AvgIpc) is 2.93. The monoisotopic (exact) mass is 328 g/mol. The summed E-state index contributed by atoms with van der Waals surface area (Å²) in [7, 11) is 0. The molecule has 1 aromatic heterocycles. The van der Waals surface area contributed by atoms with Gasteiger partial charge in [-0.2, -0.15) is 0 Å². The van der Waals surface area contributed by atoms with Crippen molar-refractivity contribution in [2.24, 2.45) is 5.73 Å². The highest BCUT2D eigenvalue weighted by Crippen LogP contribution is 2.39. The second-order valence-corrected chi connectivity index (χ2v) is 6.61. The second-order valence-electron chi connectivity index (χ2n) is 4.58. The van der Waals surface area contributed by atoms with E-state index < -0.39 is 5.91 Å². The fourth-order valence-electron chi connectivity index (χ4n) is 1.94. The number of nitrogens with one attached hydrogen (secondary N) is 1. The van der Waals surface area contributed by atoms with Gasteiger partial charge in [-0.15, -0.1) is 11.3 Å². The molecule has 1 aliphatic heterocycles. The molecule has 4 nitrogen and oxygen atoms in total. The summed E-state index contributed by atoms with van der Waals surface area (Å²) in [4.78, 5) is 25.5. The van der Waals surface area contributed by atoms with E-state index in [1.807, 2.05) is 41.8 Å². The quantitative estimate of drug-likeness (QED) is 0.849. The Kier molecular flexibility index (Phi) is 4.13. The molecule has 22 heavy (non-hydrogen) atoms. The maximum absolute atomic E-state index is 12.1. The third kappa shape index (κ3) is 3.29. The van der Waals surface area contributed by atoms with E-state index in [9.17, 15) is 9.59 Å². The highest BCUT2D eigenvalue weighted by Gasteiger charge is 2.20. The number of thioether (sulfide) groups is 1. The Morgan fingerprint density at radius 3 is 2.91 bits per heavy atom. The number of para-hydroxylation sites is 1. The van der Waals surface area contributed by atoms with Crippen molar-refractivity contribution in [1.82, 2.24) is 0 Å². The number of carbonyl (C=O) groups excluding carboxylic acids is 2. The molecule has 2 amide bonds. The molecular formula is C16H12N2O2S2. The number of fused-ring (bicyclic) bond motifs is 1. The van der Waals surface area contributed by atoms with Gasteiger partial charge in [0.1, 0.15) is 0 Å². The molecule has 1 aromatic carbocycles. The van der Waals surface area contributed by atoms with Crippen LogP contribution in [0.1, 0.15) is 10.4 Å². The molecule has 110 valence electrons. The standard InChI is InChI=1S/C16H12N2O2S2/c17-15(19)6-5-10-7-11(21-9-10)8-14-16(20)18-12-3-1-2-4-13(12)22-14/h1-9H,(H2,17,19)(H,18,20)/b6-5+,14-8-. The Hall–Kier alpha value is -2.31. The fraction of sp³-hybridized carbons (Fsp3) is 0. The summed E-state index contributed by atoms with van der Waals surface area (Å²) < 4.78 is 0. The molecule has 0 radical (unpaired) electrons. The van der Waals surface area contributed by atoms with Crippen LogP contribution in [0, 0.1) is 0 Å². The van der Waals surface area contributed by atoms with Gasteiger partial charge in [-0.05, 0) is 41.3 Å². The molecule has 1 aliphatic rings. The number of hydrogen-bond acceptors (Lipinski definition) is 4.